The third-order valence-electron chi connectivity index (χ3n) is 3.73. The summed E-state index contributed by atoms with van der Waals surface area (Å²) in [5.41, 5.74) is 6.83. The summed E-state index contributed by atoms with van der Waals surface area (Å²) >= 11 is 1.66. The number of amides is 3. The van der Waals surface area contributed by atoms with Crippen molar-refractivity contribution in [3.8, 4) is 0 Å². The number of hydrogen-bond donors (Lipinski definition) is 3. The molecule has 1 unspecified atom stereocenters. The van der Waals surface area contributed by atoms with E-state index in [1.807, 2.05) is 0 Å². The van der Waals surface area contributed by atoms with Crippen molar-refractivity contribution in [3.05, 3.63) is 59.4 Å². The van der Waals surface area contributed by atoms with Crippen molar-refractivity contribution in [1.82, 2.24) is 5.32 Å². The first kappa shape index (κ1) is 16.3. The summed E-state index contributed by atoms with van der Waals surface area (Å²) in [6.45, 7) is 0. The number of anilines is 1. The van der Waals surface area contributed by atoms with Gasteiger partial charge in [0.2, 0.25) is 0 Å². The van der Waals surface area contributed by atoms with Gasteiger partial charge in [-0.15, -0.1) is 11.8 Å². The lowest BCUT2D eigenvalue weighted by atomic mass is 10.0. The summed E-state index contributed by atoms with van der Waals surface area (Å²) < 4.78 is 13.5. The van der Waals surface area contributed by atoms with Crippen LogP contribution in [0.25, 0.3) is 0 Å². The van der Waals surface area contributed by atoms with E-state index in [0.717, 1.165) is 22.6 Å². The zero-order valence-corrected chi connectivity index (χ0v) is 13.5. The van der Waals surface area contributed by atoms with E-state index in [1.54, 1.807) is 42.1 Å². The fourth-order valence-electron chi connectivity index (χ4n) is 2.60. The summed E-state index contributed by atoms with van der Waals surface area (Å²) in [6, 6.07) is 10.2. The van der Waals surface area contributed by atoms with Gasteiger partial charge < -0.3 is 16.4 Å². The van der Waals surface area contributed by atoms with Gasteiger partial charge in [0.1, 0.15) is 5.82 Å². The van der Waals surface area contributed by atoms with E-state index in [1.165, 1.54) is 12.1 Å². The monoisotopic (exact) mass is 345 g/mol. The molecule has 3 rings (SSSR count). The summed E-state index contributed by atoms with van der Waals surface area (Å²) in [7, 11) is 0. The summed E-state index contributed by atoms with van der Waals surface area (Å²) in [5.74, 6) is 0.315. The molecule has 0 aromatic heterocycles. The first-order chi connectivity index (χ1) is 11.5. The first-order valence-corrected chi connectivity index (χ1v) is 8.41. The van der Waals surface area contributed by atoms with Crippen LogP contribution in [0.5, 0.6) is 0 Å². The van der Waals surface area contributed by atoms with Crippen molar-refractivity contribution in [2.45, 2.75) is 17.4 Å². The van der Waals surface area contributed by atoms with Gasteiger partial charge in [0.05, 0.1) is 6.04 Å². The Morgan fingerprint density at radius 1 is 1.17 bits per heavy atom. The Balaban J connectivity index is 1.74. The molecule has 2 aromatic carbocycles. The minimum absolute atomic E-state index is 0.215. The van der Waals surface area contributed by atoms with Crippen LogP contribution in [-0.2, 0) is 0 Å². The Labute approximate surface area is 142 Å². The molecule has 2 aromatic rings. The minimum Gasteiger partial charge on any atom is -0.351 e. The maximum Gasteiger partial charge on any atom is 0.316 e. The van der Waals surface area contributed by atoms with Gasteiger partial charge >= 0.3 is 6.03 Å². The van der Waals surface area contributed by atoms with Crippen LogP contribution in [0, 0.1) is 5.82 Å². The number of fused-ring (bicyclic) bond motifs is 1. The number of rotatable bonds is 3. The fourth-order valence-corrected chi connectivity index (χ4v) is 3.71. The third kappa shape index (κ3) is 3.68. The largest absolute Gasteiger partial charge is 0.351 e. The minimum atomic E-state index is -0.662. The molecule has 5 nitrogen and oxygen atoms in total. The molecule has 0 aliphatic carbocycles. The van der Waals surface area contributed by atoms with Gasteiger partial charge in [-0.05, 0) is 54.4 Å². The molecule has 1 heterocycles. The van der Waals surface area contributed by atoms with E-state index in [-0.39, 0.29) is 17.8 Å². The van der Waals surface area contributed by atoms with E-state index in [2.05, 4.69) is 10.6 Å². The topological polar surface area (TPSA) is 84.2 Å². The van der Waals surface area contributed by atoms with E-state index in [0.29, 0.717) is 11.3 Å². The van der Waals surface area contributed by atoms with Crippen molar-refractivity contribution in [3.63, 3.8) is 0 Å². The number of nitrogens with two attached hydrogens (primary N) is 1. The van der Waals surface area contributed by atoms with Gasteiger partial charge in [-0.25, -0.2) is 9.18 Å². The number of carbonyl (C=O) groups excluding carboxylic acids is 2. The van der Waals surface area contributed by atoms with Crippen LogP contribution in [0.3, 0.4) is 0 Å². The SMILES string of the molecule is NC(=O)Nc1ccc(C(=O)NC2CCSc3ccc(F)cc32)cc1. The van der Waals surface area contributed by atoms with Crippen molar-refractivity contribution >= 4 is 29.4 Å². The van der Waals surface area contributed by atoms with E-state index >= 15 is 0 Å². The van der Waals surface area contributed by atoms with Crippen molar-refractivity contribution in [2.75, 3.05) is 11.1 Å². The second-order valence-corrected chi connectivity index (χ2v) is 6.55. The molecule has 1 aliphatic heterocycles. The lowest BCUT2D eigenvalue weighted by Gasteiger charge is -2.26. The highest BCUT2D eigenvalue weighted by molar-refractivity contribution is 7.99. The maximum atomic E-state index is 13.5. The van der Waals surface area contributed by atoms with Crippen LogP contribution in [0.2, 0.25) is 0 Å². The summed E-state index contributed by atoms with van der Waals surface area (Å²) in [6.07, 6.45) is 0.744. The average Bonchev–Trinajstić information content (AvgIpc) is 2.55. The highest BCUT2D eigenvalue weighted by Crippen LogP contribution is 2.36. The van der Waals surface area contributed by atoms with Gasteiger partial charge in [-0.2, -0.15) is 0 Å². The highest BCUT2D eigenvalue weighted by Gasteiger charge is 2.23. The molecule has 7 heteroatoms. The molecule has 0 saturated heterocycles. The first-order valence-electron chi connectivity index (χ1n) is 7.42. The predicted octanol–water partition coefficient (Wildman–Crippen LogP) is 3.28. The number of carbonyl (C=O) groups is 2. The van der Waals surface area contributed by atoms with Crippen molar-refractivity contribution < 1.29 is 14.0 Å². The zero-order valence-electron chi connectivity index (χ0n) is 12.7. The van der Waals surface area contributed by atoms with Crippen LogP contribution in [0.4, 0.5) is 14.9 Å². The normalized spacial score (nSPS) is 16.1. The molecule has 0 fully saturated rings. The van der Waals surface area contributed by atoms with Crippen LogP contribution in [0.15, 0.2) is 47.4 Å². The van der Waals surface area contributed by atoms with Gasteiger partial charge in [-0.1, -0.05) is 0 Å². The number of thioether (sulfide) groups is 1. The Kier molecular flexibility index (Phi) is 4.71. The Hall–Kier alpha value is -2.54. The third-order valence-corrected chi connectivity index (χ3v) is 4.85. The summed E-state index contributed by atoms with van der Waals surface area (Å²) in [5, 5.41) is 5.38. The highest BCUT2D eigenvalue weighted by atomic mass is 32.2. The second kappa shape index (κ2) is 6.92. The van der Waals surface area contributed by atoms with E-state index in [4.69, 9.17) is 5.73 Å². The van der Waals surface area contributed by atoms with Crippen molar-refractivity contribution in [1.29, 1.82) is 0 Å². The number of benzene rings is 2. The average molecular weight is 345 g/mol. The number of halogens is 1. The van der Waals surface area contributed by atoms with Gasteiger partial charge in [0.15, 0.2) is 0 Å². The molecule has 0 radical (unpaired) electrons. The predicted molar refractivity (Wildman–Crippen MR) is 91.6 cm³/mol. The van der Waals surface area contributed by atoms with E-state index in [9.17, 15) is 14.0 Å². The number of primary amides is 1. The lowest BCUT2D eigenvalue weighted by molar-refractivity contribution is 0.0935. The molecule has 1 atom stereocenters. The lowest BCUT2D eigenvalue weighted by Crippen LogP contribution is -2.30. The smallest absolute Gasteiger partial charge is 0.316 e. The molecule has 124 valence electrons. The molecule has 4 N–H and O–H groups in total. The van der Waals surface area contributed by atoms with Crippen molar-refractivity contribution in [2.24, 2.45) is 5.73 Å². The van der Waals surface area contributed by atoms with E-state index < -0.39 is 6.03 Å². The quantitative estimate of drug-likeness (QED) is 0.798. The second-order valence-electron chi connectivity index (χ2n) is 5.41. The van der Waals surface area contributed by atoms with Gasteiger partial charge in [0.25, 0.3) is 5.91 Å². The molecular formula is C17H16FN3O2S. The van der Waals surface area contributed by atoms with Gasteiger partial charge in [-0.3, -0.25) is 4.79 Å². The molecular weight excluding hydrogens is 329 g/mol. The Bertz CT molecular complexity index is 780. The fraction of sp³-hybridized carbons (Fsp3) is 0.176. The van der Waals surface area contributed by atoms with Crippen LogP contribution >= 0.6 is 11.8 Å². The summed E-state index contributed by atoms with van der Waals surface area (Å²) in [4.78, 5) is 24.2. The van der Waals surface area contributed by atoms with Gasteiger partial charge in [0, 0.05) is 21.9 Å². The molecule has 24 heavy (non-hydrogen) atoms. The molecule has 0 spiro atoms. The number of hydrogen-bond acceptors (Lipinski definition) is 3. The van der Waals surface area contributed by atoms with Crippen LogP contribution in [-0.4, -0.2) is 17.7 Å². The molecule has 3 amide bonds. The zero-order chi connectivity index (χ0) is 17.1. The number of nitrogens with one attached hydrogen (secondary N) is 2. The molecule has 1 aliphatic rings. The van der Waals surface area contributed by atoms with Crippen LogP contribution < -0.4 is 16.4 Å². The molecule has 0 bridgehead atoms. The number of urea groups is 1. The maximum absolute atomic E-state index is 13.5. The molecule has 0 saturated carbocycles. The Morgan fingerprint density at radius 3 is 2.62 bits per heavy atom. The Morgan fingerprint density at radius 2 is 1.92 bits per heavy atom. The standard InChI is InChI=1S/C17H16FN3O2S/c18-11-3-6-15-13(9-11)14(7-8-24-15)21-16(22)10-1-4-12(5-2-10)20-17(19)23/h1-6,9,14H,7-8H2,(H,21,22)(H3,19,20,23). The van der Waals surface area contributed by atoms with Crippen LogP contribution in [0.1, 0.15) is 28.4 Å².